The van der Waals surface area contributed by atoms with Crippen molar-refractivity contribution in [3.63, 3.8) is 0 Å². The zero-order valence-electron chi connectivity index (χ0n) is 13.6. The maximum atomic E-state index is 11.8. The van der Waals surface area contributed by atoms with Crippen LogP contribution >= 0.6 is 0 Å². The van der Waals surface area contributed by atoms with Gasteiger partial charge in [0, 0.05) is 23.6 Å². The van der Waals surface area contributed by atoms with Crippen LogP contribution in [0.15, 0.2) is 36.5 Å². The molecule has 1 N–H and O–H groups in total. The summed E-state index contributed by atoms with van der Waals surface area (Å²) in [4.78, 5) is 16.1. The van der Waals surface area contributed by atoms with Gasteiger partial charge in [-0.05, 0) is 31.0 Å². The standard InChI is InChI=1S/C19H22N2O2/c1-3-15(4-2)19(22)21-11-5-6-13-23-17-10-9-16-8-7-12-20-18(16)14-17/h7-10,12,14-15H,3-4,11,13H2,1-2H3,(H,21,22). The number of hydrogen-bond acceptors (Lipinski definition) is 3. The summed E-state index contributed by atoms with van der Waals surface area (Å²) in [6.45, 7) is 4.69. The molecule has 1 aromatic heterocycles. The van der Waals surface area contributed by atoms with Crippen molar-refractivity contribution in [1.82, 2.24) is 10.3 Å². The van der Waals surface area contributed by atoms with Gasteiger partial charge in [-0.2, -0.15) is 0 Å². The molecule has 2 aromatic rings. The molecule has 2 rings (SSSR count). The number of benzene rings is 1. The number of aromatic nitrogens is 1. The van der Waals surface area contributed by atoms with Crippen molar-refractivity contribution in [3.8, 4) is 17.6 Å². The fourth-order valence-corrected chi connectivity index (χ4v) is 2.30. The molecule has 0 bridgehead atoms. The van der Waals surface area contributed by atoms with Gasteiger partial charge in [0.25, 0.3) is 0 Å². The third kappa shape index (κ3) is 5.00. The third-order valence-corrected chi connectivity index (χ3v) is 3.72. The molecule has 0 fully saturated rings. The SMILES string of the molecule is CCC(CC)C(=O)NCC#CCOc1ccc2cccnc2c1. The van der Waals surface area contributed by atoms with Gasteiger partial charge in [-0.15, -0.1) is 0 Å². The zero-order valence-corrected chi connectivity index (χ0v) is 13.6. The Bertz CT molecular complexity index is 712. The van der Waals surface area contributed by atoms with E-state index in [1.165, 1.54) is 0 Å². The molecule has 0 atom stereocenters. The summed E-state index contributed by atoms with van der Waals surface area (Å²) in [5, 5.41) is 3.91. The van der Waals surface area contributed by atoms with Crippen LogP contribution in [0, 0.1) is 17.8 Å². The summed E-state index contributed by atoms with van der Waals surface area (Å²) in [7, 11) is 0. The molecule has 0 saturated carbocycles. The molecule has 1 aromatic carbocycles. The second-order valence-corrected chi connectivity index (χ2v) is 5.23. The number of nitrogens with one attached hydrogen (secondary N) is 1. The number of carbonyl (C=O) groups is 1. The summed E-state index contributed by atoms with van der Waals surface area (Å²) in [5.74, 6) is 6.71. The van der Waals surface area contributed by atoms with Crippen LogP contribution in [0.5, 0.6) is 5.75 Å². The van der Waals surface area contributed by atoms with Crippen LogP contribution in [0.4, 0.5) is 0 Å². The highest BCUT2D eigenvalue weighted by Gasteiger charge is 2.12. The Balaban J connectivity index is 1.77. The Labute approximate surface area is 137 Å². The van der Waals surface area contributed by atoms with Gasteiger partial charge in [0.2, 0.25) is 5.91 Å². The molecule has 0 spiro atoms. The maximum absolute atomic E-state index is 11.8. The lowest BCUT2D eigenvalue weighted by molar-refractivity contribution is -0.124. The molecule has 120 valence electrons. The van der Waals surface area contributed by atoms with Crippen molar-refractivity contribution < 1.29 is 9.53 Å². The van der Waals surface area contributed by atoms with Gasteiger partial charge >= 0.3 is 0 Å². The molecule has 0 unspecified atom stereocenters. The van der Waals surface area contributed by atoms with Crippen molar-refractivity contribution in [1.29, 1.82) is 0 Å². The van der Waals surface area contributed by atoms with E-state index in [0.717, 1.165) is 29.5 Å². The van der Waals surface area contributed by atoms with Crippen molar-refractivity contribution in [2.24, 2.45) is 5.92 Å². The number of rotatable bonds is 6. The number of pyridine rings is 1. The molecule has 1 amide bonds. The summed E-state index contributed by atoms with van der Waals surface area (Å²) in [6.07, 6.45) is 3.47. The Morgan fingerprint density at radius 1 is 1.26 bits per heavy atom. The quantitative estimate of drug-likeness (QED) is 0.834. The lowest BCUT2D eigenvalue weighted by Crippen LogP contribution is -2.30. The fourth-order valence-electron chi connectivity index (χ4n) is 2.30. The number of ether oxygens (including phenoxy) is 1. The number of nitrogens with zero attached hydrogens (tertiary/aromatic N) is 1. The van der Waals surface area contributed by atoms with Crippen LogP contribution < -0.4 is 10.1 Å². The highest BCUT2D eigenvalue weighted by Crippen LogP contribution is 2.18. The van der Waals surface area contributed by atoms with Crippen LogP contribution in [0.25, 0.3) is 10.9 Å². The zero-order chi connectivity index (χ0) is 16.5. The summed E-state index contributed by atoms with van der Waals surface area (Å²) in [5.41, 5.74) is 0.899. The molecule has 4 heteroatoms. The van der Waals surface area contributed by atoms with Crippen LogP contribution in [-0.2, 0) is 4.79 Å². The first-order chi connectivity index (χ1) is 11.2. The predicted molar refractivity (Wildman–Crippen MR) is 92.1 cm³/mol. The largest absolute Gasteiger partial charge is 0.481 e. The smallest absolute Gasteiger partial charge is 0.223 e. The molecule has 0 saturated heterocycles. The number of hydrogen-bond donors (Lipinski definition) is 1. The monoisotopic (exact) mass is 310 g/mol. The van der Waals surface area contributed by atoms with E-state index in [-0.39, 0.29) is 11.8 Å². The molecule has 4 nitrogen and oxygen atoms in total. The van der Waals surface area contributed by atoms with Gasteiger partial charge in [0.15, 0.2) is 0 Å². The lowest BCUT2D eigenvalue weighted by Gasteiger charge is -2.10. The number of fused-ring (bicyclic) bond motifs is 1. The summed E-state index contributed by atoms with van der Waals surface area (Å²) >= 11 is 0. The Morgan fingerprint density at radius 2 is 2.09 bits per heavy atom. The van der Waals surface area contributed by atoms with Crippen molar-refractivity contribution in [2.45, 2.75) is 26.7 Å². The van der Waals surface area contributed by atoms with Crippen LogP contribution in [0.1, 0.15) is 26.7 Å². The van der Waals surface area contributed by atoms with E-state index in [2.05, 4.69) is 22.1 Å². The minimum absolute atomic E-state index is 0.0748. The van der Waals surface area contributed by atoms with Gasteiger partial charge in [0.05, 0.1) is 12.1 Å². The van der Waals surface area contributed by atoms with Crippen LogP contribution in [-0.4, -0.2) is 24.0 Å². The van der Waals surface area contributed by atoms with Gasteiger partial charge in [-0.1, -0.05) is 31.8 Å². The Morgan fingerprint density at radius 3 is 2.87 bits per heavy atom. The first-order valence-corrected chi connectivity index (χ1v) is 7.95. The average molecular weight is 310 g/mol. The second-order valence-electron chi connectivity index (χ2n) is 5.23. The minimum Gasteiger partial charge on any atom is -0.481 e. The van der Waals surface area contributed by atoms with Crippen LogP contribution in [0.3, 0.4) is 0 Å². The van der Waals surface area contributed by atoms with E-state index < -0.39 is 0 Å². The van der Waals surface area contributed by atoms with Gasteiger partial charge in [-0.25, -0.2) is 0 Å². The molecule has 0 aliphatic rings. The average Bonchev–Trinajstić information content (AvgIpc) is 2.59. The van der Waals surface area contributed by atoms with Crippen LogP contribution in [0.2, 0.25) is 0 Å². The normalized spacial score (nSPS) is 10.2. The van der Waals surface area contributed by atoms with Crippen molar-refractivity contribution in [2.75, 3.05) is 13.2 Å². The Hall–Kier alpha value is -2.54. The van der Waals surface area contributed by atoms with E-state index in [0.29, 0.717) is 13.2 Å². The van der Waals surface area contributed by atoms with Crippen molar-refractivity contribution in [3.05, 3.63) is 36.5 Å². The van der Waals surface area contributed by atoms with E-state index in [1.807, 2.05) is 44.2 Å². The van der Waals surface area contributed by atoms with E-state index in [1.54, 1.807) is 6.20 Å². The van der Waals surface area contributed by atoms with Gasteiger partial charge < -0.3 is 10.1 Å². The lowest BCUT2D eigenvalue weighted by atomic mass is 10.0. The van der Waals surface area contributed by atoms with Gasteiger partial charge in [-0.3, -0.25) is 9.78 Å². The first-order valence-electron chi connectivity index (χ1n) is 7.95. The first kappa shape index (κ1) is 16.8. The third-order valence-electron chi connectivity index (χ3n) is 3.72. The number of amides is 1. The molecule has 1 heterocycles. The van der Waals surface area contributed by atoms with Gasteiger partial charge in [0.1, 0.15) is 12.4 Å². The molecular formula is C19H22N2O2. The fraction of sp³-hybridized carbons (Fsp3) is 0.368. The molecule has 0 aliphatic carbocycles. The Kier molecular flexibility index (Phi) is 6.43. The molecular weight excluding hydrogens is 288 g/mol. The summed E-state index contributed by atoms with van der Waals surface area (Å²) in [6, 6.07) is 9.69. The molecule has 23 heavy (non-hydrogen) atoms. The minimum atomic E-state index is 0.0748. The highest BCUT2D eigenvalue weighted by molar-refractivity contribution is 5.79. The number of carbonyl (C=O) groups excluding carboxylic acids is 1. The predicted octanol–water partition coefficient (Wildman–Crippen LogP) is 3.17. The summed E-state index contributed by atoms with van der Waals surface area (Å²) < 4.78 is 5.58. The second kappa shape index (κ2) is 8.79. The van der Waals surface area contributed by atoms with Crippen molar-refractivity contribution >= 4 is 16.8 Å². The topological polar surface area (TPSA) is 51.2 Å². The maximum Gasteiger partial charge on any atom is 0.223 e. The van der Waals surface area contributed by atoms with E-state index in [9.17, 15) is 4.79 Å². The van der Waals surface area contributed by atoms with E-state index in [4.69, 9.17) is 4.74 Å². The highest BCUT2D eigenvalue weighted by atomic mass is 16.5. The van der Waals surface area contributed by atoms with E-state index >= 15 is 0 Å². The molecule has 0 radical (unpaired) electrons. The molecule has 0 aliphatic heterocycles.